The third kappa shape index (κ3) is 2.55. The van der Waals surface area contributed by atoms with Crippen LogP contribution in [0.15, 0.2) is 24.3 Å². The highest BCUT2D eigenvalue weighted by atomic mass is 19.1. The van der Waals surface area contributed by atoms with Gasteiger partial charge >= 0.3 is 0 Å². The van der Waals surface area contributed by atoms with Crippen molar-refractivity contribution in [1.29, 1.82) is 0 Å². The third-order valence-corrected chi connectivity index (χ3v) is 2.78. The Hall–Kier alpha value is -0.890. The molecule has 0 aliphatic heterocycles. The number of benzene rings is 1. The lowest BCUT2D eigenvalue weighted by atomic mass is 9.88. The minimum absolute atomic E-state index is 0.0945. The fraction of sp³-hybridized carbons (Fsp3) is 0.500. The first-order valence-electron chi connectivity index (χ1n) is 5.05. The van der Waals surface area contributed by atoms with Gasteiger partial charge in [-0.2, -0.15) is 0 Å². The SMILES string of the molecule is CNCC(C)C(C)c1ccccc1F. The molecule has 0 saturated heterocycles. The van der Waals surface area contributed by atoms with E-state index in [0.717, 1.165) is 12.1 Å². The molecule has 0 spiro atoms. The molecule has 1 N–H and O–H groups in total. The normalized spacial score (nSPS) is 15.1. The second kappa shape index (κ2) is 5.11. The Labute approximate surface area is 85.3 Å². The van der Waals surface area contributed by atoms with Crippen LogP contribution in [-0.4, -0.2) is 13.6 Å². The van der Waals surface area contributed by atoms with Crippen LogP contribution in [0.25, 0.3) is 0 Å². The zero-order valence-electron chi connectivity index (χ0n) is 9.05. The third-order valence-electron chi connectivity index (χ3n) is 2.78. The summed E-state index contributed by atoms with van der Waals surface area (Å²) in [7, 11) is 1.92. The van der Waals surface area contributed by atoms with Gasteiger partial charge in [-0.3, -0.25) is 0 Å². The zero-order chi connectivity index (χ0) is 10.6. The highest BCUT2D eigenvalue weighted by Crippen LogP contribution is 2.25. The van der Waals surface area contributed by atoms with E-state index in [0.29, 0.717) is 5.92 Å². The summed E-state index contributed by atoms with van der Waals surface area (Å²) in [5.74, 6) is 0.600. The fourth-order valence-corrected chi connectivity index (χ4v) is 1.65. The van der Waals surface area contributed by atoms with Gasteiger partial charge in [0.15, 0.2) is 0 Å². The van der Waals surface area contributed by atoms with Crippen molar-refractivity contribution >= 4 is 0 Å². The molecule has 2 atom stereocenters. The summed E-state index contributed by atoms with van der Waals surface area (Å²) in [5, 5.41) is 3.12. The van der Waals surface area contributed by atoms with Gasteiger partial charge in [-0.25, -0.2) is 4.39 Å². The maximum absolute atomic E-state index is 13.4. The molecule has 0 fully saturated rings. The molecule has 0 radical (unpaired) electrons. The van der Waals surface area contributed by atoms with Crippen LogP contribution in [-0.2, 0) is 0 Å². The summed E-state index contributed by atoms with van der Waals surface area (Å²) < 4.78 is 13.4. The van der Waals surface area contributed by atoms with Crippen LogP contribution in [0.2, 0.25) is 0 Å². The largest absolute Gasteiger partial charge is 0.319 e. The Morgan fingerprint density at radius 1 is 1.29 bits per heavy atom. The first kappa shape index (κ1) is 11.2. The molecule has 2 heteroatoms. The molecular weight excluding hydrogens is 177 g/mol. The first-order valence-corrected chi connectivity index (χ1v) is 5.05. The quantitative estimate of drug-likeness (QED) is 0.779. The van der Waals surface area contributed by atoms with E-state index < -0.39 is 0 Å². The standard InChI is InChI=1S/C12H18FN/c1-9(8-14-3)10(2)11-6-4-5-7-12(11)13/h4-7,9-10,14H,8H2,1-3H3. The average molecular weight is 195 g/mol. The Morgan fingerprint density at radius 2 is 1.93 bits per heavy atom. The molecule has 78 valence electrons. The molecule has 0 heterocycles. The van der Waals surface area contributed by atoms with Crippen molar-refractivity contribution in [3.63, 3.8) is 0 Å². The highest BCUT2D eigenvalue weighted by molar-refractivity contribution is 5.21. The lowest BCUT2D eigenvalue weighted by Crippen LogP contribution is -2.21. The van der Waals surface area contributed by atoms with Crippen molar-refractivity contribution in [1.82, 2.24) is 5.32 Å². The Morgan fingerprint density at radius 3 is 2.50 bits per heavy atom. The monoisotopic (exact) mass is 195 g/mol. The minimum atomic E-state index is -0.0945. The number of rotatable bonds is 4. The smallest absolute Gasteiger partial charge is 0.126 e. The van der Waals surface area contributed by atoms with Gasteiger partial charge in [-0.05, 0) is 37.1 Å². The summed E-state index contributed by atoms with van der Waals surface area (Å²) in [5.41, 5.74) is 0.815. The van der Waals surface area contributed by atoms with Crippen molar-refractivity contribution in [2.75, 3.05) is 13.6 Å². The van der Waals surface area contributed by atoms with Crippen LogP contribution in [0.5, 0.6) is 0 Å². The van der Waals surface area contributed by atoms with Gasteiger partial charge in [0.1, 0.15) is 5.82 Å². The zero-order valence-corrected chi connectivity index (χ0v) is 9.05. The van der Waals surface area contributed by atoms with Crippen molar-refractivity contribution in [2.24, 2.45) is 5.92 Å². The molecule has 0 amide bonds. The minimum Gasteiger partial charge on any atom is -0.319 e. The molecule has 1 aromatic carbocycles. The Kier molecular flexibility index (Phi) is 4.08. The Bertz CT molecular complexity index is 285. The lowest BCUT2D eigenvalue weighted by molar-refractivity contribution is 0.449. The number of hydrogen-bond donors (Lipinski definition) is 1. The van der Waals surface area contributed by atoms with Crippen molar-refractivity contribution < 1.29 is 4.39 Å². The summed E-state index contributed by atoms with van der Waals surface area (Å²) in [6.07, 6.45) is 0. The van der Waals surface area contributed by atoms with E-state index in [1.54, 1.807) is 6.07 Å². The van der Waals surface area contributed by atoms with E-state index in [9.17, 15) is 4.39 Å². The molecule has 0 saturated carbocycles. The van der Waals surface area contributed by atoms with E-state index in [1.165, 1.54) is 6.07 Å². The number of halogens is 1. The van der Waals surface area contributed by atoms with Gasteiger partial charge < -0.3 is 5.32 Å². The first-order chi connectivity index (χ1) is 6.66. The Balaban J connectivity index is 2.78. The average Bonchev–Trinajstić information content (AvgIpc) is 2.18. The van der Waals surface area contributed by atoms with Crippen molar-refractivity contribution in [2.45, 2.75) is 19.8 Å². The molecule has 0 aliphatic rings. The van der Waals surface area contributed by atoms with Crippen LogP contribution in [0.4, 0.5) is 4.39 Å². The maximum atomic E-state index is 13.4. The summed E-state index contributed by atoms with van der Waals surface area (Å²) in [6.45, 7) is 5.11. The number of hydrogen-bond acceptors (Lipinski definition) is 1. The molecule has 0 bridgehead atoms. The summed E-state index contributed by atoms with van der Waals surface area (Å²) >= 11 is 0. The highest BCUT2D eigenvalue weighted by Gasteiger charge is 2.16. The van der Waals surface area contributed by atoms with E-state index in [4.69, 9.17) is 0 Å². The fourth-order valence-electron chi connectivity index (χ4n) is 1.65. The molecule has 0 aliphatic carbocycles. The summed E-state index contributed by atoms with van der Waals surface area (Å²) in [6, 6.07) is 7.01. The molecule has 2 unspecified atom stereocenters. The van der Waals surface area contributed by atoms with Gasteiger partial charge in [0.05, 0.1) is 0 Å². The van der Waals surface area contributed by atoms with E-state index in [-0.39, 0.29) is 11.7 Å². The van der Waals surface area contributed by atoms with Gasteiger partial charge in [0.25, 0.3) is 0 Å². The molecule has 14 heavy (non-hydrogen) atoms. The van der Waals surface area contributed by atoms with Crippen molar-refractivity contribution in [3.05, 3.63) is 35.6 Å². The van der Waals surface area contributed by atoms with Crippen LogP contribution in [0, 0.1) is 11.7 Å². The second-order valence-corrected chi connectivity index (χ2v) is 3.85. The van der Waals surface area contributed by atoms with Crippen LogP contribution >= 0.6 is 0 Å². The van der Waals surface area contributed by atoms with Gasteiger partial charge in [0.2, 0.25) is 0 Å². The van der Waals surface area contributed by atoms with E-state index in [1.807, 2.05) is 19.2 Å². The van der Waals surface area contributed by atoms with E-state index in [2.05, 4.69) is 19.2 Å². The van der Waals surface area contributed by atoms with Gasteiger partial charge in [-0.1, -0.05) is 32.0 Å². The molecule has 1 nitrogen and oxygen atoms in total. The van der Waals surface area contributed by atoms with Crippen LogP contribution < -0.4 is 5.32 Å². The lowest BCUT2D eigenvalue weighted by Gasteiger charge is -2.20. The molecular formula is C12H18FN. The maximum Gasteiger partial charge on any atom is 0.126 e. The molecule has 1 rings (SSSR count). The topological polar surface area (TPSA) is 12.0 Å². The van der Waals surface area contributed by atoms with Gasteiger partial charge in [-0.15, -0.1) is 0 Å². The summed E-state index contributed by atoms with van der Waals surface area (Å²) in [4.78, 5) is 0. The molecule has 1 aromatic rings. The van der Waals surface area contributed by atoms with Crippen LogP contribution in [0.3, 0.4) is 0 Å². The van der Waals surface area contributed by atoms with Crippen LogP contribution in [0.1, 0.15) is 25.3 Å². The van der Waals surface area contributed by atoms with Crippen molar-refractivity contribution in [3.8, 4) is 0 Å². The number of nitrogens with one attached hydrogen (secondary N) is 1. The van der Waals surface area contributed by atoms with E-state index >= 15 is 0 Å². The predicted octanol–water partition coefficient (Wildman–Crippen LogP) is 2.78. The predicted molar refractivity (Wildman–Crippen MR) is 57.9 cm³/mol. The second-order valence-electron chi connectivity index (χ2n) is 3.85. The van der Waals surface area contributed by atoms with Gasteiger partial charge in [0, 0.05) is 0 Å². The molecule has 0 aromatic heterocycles.